The maximum absolute atomic E-state index is 12.4. The van der Waals surface area contributed by atoms with Gasteiger partial charge in [0.1, 0.15) is 17.3 Å². The smallest absolute Gasteiger partial charge is 0.306 e. The van der Waals surface area contributed by atoms with Gasteiger partial charge in [-0.3, -0.25) is 9.59 Å². The van der Waals surface area contributed by atoms with Crippen molar-refractivity contribution < 1.29 is 19.4 Å². The lowest BCUT2D eigenvalue weighted by Gasteiger charge is -2.10. The summed E-state index contributed by atoms with van der Waals surface area (Å²) in [5, 5.41) is 20.5. The van der Waals surface area contributed by atoms with Gasteiger partial charge in [-0.1, -0.05) is 36.4 Å². The van der Waals surface area contributed by atoms with Crippen LogP contribution in [0.3, 0.4) is 0 Å². The average molecular weight is 374 g/mol. The van der Waals surface area contributed by atoms with Crippen molar-refractivity contribution in [3.05, 3.63) is 59.8 Å². The van der Waals surface area contributed by atoms with E-state index in [2.05, 4.69) is 4.98 Å². The molecule has 3 aromatic rings. The molecule has 3 rings (SSSR count). The number of aromatic nitrogens is 1. The molecule has 1 N–H and O–H groups in total. The number of Topliss-reactive ketones (excluding diaryl/α,β-unsaturated/α-hetero) is 1. The number of rotatable bonds is 6. The number of pyridine rings is 1. The molecular weight excluding hydrogens is 356 g/mol. The molecule has 0 saturated heterocycles. The Balaban J connectivity index is 2.01. The van der Waals surface area contributed by atoms with E-state index in [0.29, 0.717) is 10.9 Å². The van der Waals surface area contributed by atoms with E-state index in [9.17, 15) is 20.0 Å². The van der Waals surface area contributed by atoms with E-state index in [1.165, 1.54) is 0 Å². The van der Waals surface area contributed by atoms with Gasteiger partial charge in [0.15, 0.2) is 11.5 Å². The molecular formula is C22H18N2O4. The fourth-order valence-corrected chi connectivity index (χ4v) is 2.94. The number of ether oxygens (including phenoxy) is 1. The van der Waals surface area contributed by atoms with Crippen molar-refractivity contribution in [1.29, 1.82) is 5.26 Å². The molecule has 28 heavy (non-hydrogen) atoms. The van der Waals surface area contributed by atoms with Gasteiger partial charge in [0.05, 0.1) is 18.5 Å². The number of nitriles is 1. The molecule has 0 aliphatic heterocycles. The Hall–Kier alpha value is -3.72. The molecule has 6 nitrogen and oxygen atoms in total. The summed E-state index contributed by atoms with van der Waals surface area (Å²) < 4.78 is 4.80. The second-order valence-corrected chi connectivity index (χ2v) is 6.12. The predicted octanol–water partition coefficient (Wildman–Crippen LogP) is 4.01. The predicted molar refractivity (Wildman–Crippen MR) is 104 cm³/mol. The molecule has 0 radical (unpaired) electrons. The lowest BCUT2D eigenvalue weighted by atomic mass is 9.99. The Labute approximate surface area is 162 Å². The lowest BCUT2D eigenvalue weighted by Crippen LogP contribution is -2.10. The van der Waals surface area contributed by atoms with Crippen LogP contribution in [0, 0.1) is 11.3 Å². The number of ketones is 1. The van der Waals surface area contributed by atoms with Crippen molar-refractivity contribution in [2.24, 2.45) is 0 Å². The van der Waals surface area contributed by atoms with Crippen LogP contribution in [0.5, 0.6) is 5.75 Å². The number of carbonyl (C=O) groups excluding carboxylic acids is 2. The first-order valence-corrected chi connectivity index (χ1v) is 8.86. The van der Waals surface area contributed by atoms with Crippen LogP contribution in [-0.2, 0) is 9.53 Å². The maximum Gasteiger partial charge on any atom is 0.306 e. The van der Waals surface area contributed by atoms with Gasteiger partial charge < -0.3 is 9.84 Å². The van der Waals surface area contributed by atoms with Crippen LogP contribution in [0.25, 0.3) is 22.0 Å². The second kappa shape index (κ2) is 8.31. The van der Waals surface area contributed by atoms with Gasteiger partial charge >= 0.3 is 5.97 Å². The summed E-state index contributed by atoms with van der Waals surface area (Å²) in [5.74, 6) is -1.48. The van der Waals surface area contributed by atoms with Crippen LogP contribution in [-0.4, -0.2) is 28.4 Å². The Morgan fingerprint density at radius 1 is 1.11 bits per heavy atom. The molecule has 0 bridgehead atoms. The first kappa shape index (κ1) is 19.1. The van der Waals surface area contributed by atoms with Gasteiger partial charge in [0.2, 0.25) is 0 Å². The number of aromatic hydroxyl groups is 1. The van der Waals surface area contributed by atoms with Crippen LogP contribution in [0.15, 0.2) is 48.5 Å². The zero-order valence-electron chi connectivity index (χ0n) is 15.3. The Morgan fingerprint density at radius 2 is 1.86 bits per heavy atom. The minimum atomic E-state index is -0.518. The third kappa shape index (κ3) is 3.84. The highest BCUT2D eigenvalue weighted by molar-refractivity contribution is 6.03. The molecule has 2 aromatic carbocycles. The standard InChI is InChI=1S/C22H18N2O4/c1-2-28-20(26)11-10-19(25)21-22(27)17(13-23)16-12-15(8-9-18(16)24-21)14-6-4-3-5-7-14/h3-9,12,27H,2,10-11H2,1H3. The summed E-state index contributed by atoms with van der Waals surface area (Å²) in [4.78, 5) is 28.1. The van der Waals surface area contributed by atoms with Crippen molar-refractivity contribution in [2.75, 3.05) is 6.61 Å². The van der Waals surface area contributed by atoms with E-state index < -0.39 is 17.5 Å². The normalized spacial score (nSPS) is 10.4. The van der Waals surface area contributed by atoms with E-state index in [1.54, 1.807) is 19.1 Å². The summed E-state index contributed by atoms with van der Waals surface area (Å²) in [6, 6.07) is 16.9. The zero-order chi connectivity index (χ0) is 20.1. The summed E-state index contributed by atoms with van der Waals surface area (Å²) in [6.45, 7) is 1.91. The topological polar surface area (TPSA) is 100 Å². The van der Waals surface area contributed by atoms with E-state index >= 15 is 0 Å². The minimum absolute atomic E-state index is 0.0118. The molecule has 0 saturated carbocycles. The highest BCUT2D eigenvalue weighted by atomic mass is 16.5. The summed E-state index contributed by atoms with van der Waals surface area (Å²) in [6.07, 6.45) is -0.265. The molecule has 0 aliphatic rings. The van der Waals surface area contributed by atoms with Gasteiger partial charge in [-0.15, -0.1) is 0 Å². The van der Waals surface area contributed by atoms with Gasteiger partial charge in [0.25, 0.3) is 0 Å². The molecule has 0 amide bonds. The first-order valence-electron chi connectivity index (χ1n) is 8.86. The molecule has 0 fully saturated rings. The SMILES string of the molecule is CCOC(=O)CCC(=O)c1nc2ccc(-c3ccccc3)cc2c(C#N)c1O. The summed E-state index contributed by atoms with van der Waals surface area (Å²) in [7, 11) is 0. The molecule has 6 heteroatoms. The Morgan fingerprint density at radius 3 is 2.54 bits per heavy atom. The van der Waals surface area contributed by atoms with Crippen LogP contribution in [0.4, 0.5) is 0 Å². The summed E-state index contributed by atoms with van der Waals surface area (Å²) >= 11 is 0. The fourth-order valence-electron chi connectivity index (χ4n) is 2.94. The van der Waals surface area contributed by atoms with Crippen molar-refractivity contribution >= 4 is 22.7 Å². The highest BCUT2D eigenvalue weighted by Crippen LogP contribution is 2.32. The van der Waals surface area contributed by atoms with E-state index in [1.807, 2.05) is 42.5 Å². The largest absolute Gasteiger partial charge is 0.504 e. The molecule has 1 heterocycles. The van der Waals surface area contributed by atoms with Crippen LogP contribution >= 0.6 is 0 Å². The van der Waals surface area contributed by atoms with Crippen LogP contribution < -0.4 is 0 Å². The average Bonchev–Trinajstić information content (AvgIpc) is 2.72. The molecule has 0 unspecified atom stereocenters. The van der Waals surface area contributed by atoms with Crippen molar-refractivity contribution in [2.45, 2.75) is 19.8 Å². The van der Waals surface area contributed by atoms with Gasteiger partial charge in [-0.2, -0.15) is 5.26 Å². The number of hydrogen-bond acceptors (Lipinski definition) is 6. The number of fused-ring (bicyclic) bond motifs is 1. The number of benzene rings is 2. The number of hydrogen-bond donors (Lipinski definition) is 1. The fraction of sp³-hybridized carbons (Fsp3) is 0.182. The van der Waals surface area contributed by atoms with Crippen molar-refractivity contribution in [3.63, 3.8) is 0 Å². The quantitative estimate of drug-likeness (QED) is 0.517. The zero-order valence-corrected chi connectivity index (χ0v) is 15.3. The minimum Gasteiger partial charge on any atom is -0.504 e. The number of carbonyl (C=O) groups is 2. The monoisotopic (exact) mass is 374 g/mol. The number of esters is 1. The number of nitrogens with zero attached hydrogens (tertiary/aromatic N) is 2. The first-order chi connectivity index (χ1) is 13.5. The Kier molecular flexibility index (Phi) is 5.66. The second-order valence-electron chi connectivity index (χ2n) is 6.12. The summed E-state index contributed by atoms with van der Waals surface area (Å²) in [5.41, 5.74) is 2.03. The van der Waals surface area contributed by atoms with Gasteiger partial charge in [0, 0.05) is 11.8 Å². The van der Waals surface area contributed by atoms with Crippen LogP contribution in [0.2, 0.25) is 0 Å². The van der Waals surface area contributed by atoms with Crippen LogP contribution in [0.1, 0.15) is 35.8 Å². The van der Waals surface area contributed by atoms with Gasteiger partial charge in [-0.25, -0.2) is 4.98 Å². The molecule has 0 spiro atoms. The molecule has 0 atom stereocenters. The van der Waals surface area contributed by atoms with Crippen molar-refractivity contribution in [1.82, 2.24) is 4.98 Å². The lowest BCUT2D eigenvalue weighted by molar-refractivity contribution is -0.143. The van der Waals surface area contributed by atoms with E-state index in [4.69, 9.17) is 4.74 Å². The van der Waals surface area contributed by atoms with Crippen molar-refractivity contribution in [3.8, 4) is 22.9 Å². The highest BCUT2D eigenvalue weighted by Gasteiger charge is 2.21. The van der Waals surface area contributed by atoms with E-state index in [-0.39, 0.29) is 30.7 Å². The van der Waals surface area contributed by atoms with E-state index in [0.717, 1.165) is 11.1 Å². The molecule has 140 valence electrons. The third-order valence-corrected chi connectivity index (χ3v) is 4.30. The Bertz CT molecular complexity index is 1090. The van der Waals surface area contributed by atoms with Gasteiger partial charge in [-0.05, 0) is 30.2 Å². The maximum atomic E-state index is 12.4. The third-order valence-electron chi connectivity index (χ3n) is 4.30. The molecule has 0 aliphatic carbocycles. The molecule has 1 aromatic heterocycles.